The van der Waals surface area contributed by atoms with Gasteiger partial charge in [-0.15, -0.1) is 0 Å². The number of piperidine rings is 1. The molecule has 0 bridgehead atoms. The number of hydrogen-bond acceptors (Lipinski definition) is 10. The first kappa shape index (κ1) is 31.9. The third-order valence-corrected chi connectivity index (χ3v) is 10.3. The second kappa shape index (κ2) is 14.2. The lowest BCUT2D eigenvalue weighted by Gasteiger charge is -2.49. The molecule has 12 nitrogen and oxygen atoms in total. The average Bonchev–Trinajstić information content (AvgIpc) is 3.31. The number of hydrogen-bond donors (Lipinski definition) is 2. The van der Waals surface area contributed by atoms with Crippen molar-refractivity contribution in [2.45, 2.75) is 51.1 Å². The van der Waals surface area contributed by atoms with Crippen molar-refractivity contribution in [2.24, 2.45) is 5.92 Å². The van der Waals surface area contributed by atoms with Crippen LogP contribution in [0.1, 0.15) is 59.7 Å². The van der Waals surface area contributed by atoms with Gasteiger partial charge in [-0.3, -0.25) is 34.3 Å². The summed E-state index contributed by atoms with van der Waals surface area (Å²) < 4.78 is 0. The predicted molar refractivity (Wildman–Crippen MR) is 177 cm³/mol. The highest BCUT2D eigenvalue weighted by atomic mass is 16.2. The highest BCUT2D eigenvalue weighted by Gasteiger charge is 2.43. The van der Waals surface area contributed by atoms with Crippen molar-refractivity contribution in [3.05, 3.63) is 47.7 Å². The Hall–Kier alpha value is -4.03. The van der Waals surface area contributed by atoms with Crippen molar-refractivity contribution in [2.75, 3.05) is 81.1 Å². The summed E-state index contributed by atoms with van der Waals surface area (Å²) >= 11 is 0. The molecule has 0 spiro atoms. The number of fused-ring (bicyclic) bond motifs is 1. The van der Waals surface area contributed by atoms with Crippen LogP contribution in [0.25, 0.3) is 0 Å². The van der Waals surface area contributed by atoms with E-state index < -0.39 is 23.8 Å². The molecule has 1 unspecified atom stereocenters. The minimum absolute atomic E-state index is 0.288. The van der Waals surface area contributed by atoms with E-state index in [4.69, 9.17) is 0 Å². The van der Waals surface area contributed by atoms with E-state index in [-0.39, 0.29) is 6.41 Å². The molecular formula is C34H46N8O4. The first-order chi connectivity index (χ1) is 22.4. The summed E-state index contributed by atoms with van der Waals surface area (Å²) in [4.78, 5) is 65.1. The maximum atomic E-state index is 13.3. The van der Waals surface area contributed by atoms with Gasteiger partial charge in [0.05, 0.1) is 23.0 Å². The number of imide groups is 2. The van der Waals surface area contributed by atoms with Crippen molar-refractivity contribution in [1.29, 1.82) is 0 Å². The molecule has 0 saturated carbocycles. The van der Waals surface area contributed by atoms with Crippen LogP contribution in [0.2, 0.25) is 0 Å². The summed E-state index contributed by atoms with van der Waals surface area (Å²) in [5.41, 5.74) is 2.76. The number of aromatic nitrogens is 1. The minimum atomic E-state index is -1.00. The van der Waals surface area contributed by atoms with Gasteiger partial charge in [0.2, 0.25) is 12.3 Å². The van der Waals surface area contributed by atoms with Gasteiger partial charge >= 0.3 is 0 Å². The molecule has 1 atom stereocenters. The normalized spacial score (nSPS) is 20.4. The lowest BCUT2D eigenvalue weighted by Crippen LogP contribution is -2.63. The zero-order valence-corrected chi connectivity index (χ0v) is 27.0. The van der Waals surface area contributed by atoms with Crippen molar-refractivity contribution in [1.82, 2.24) is 25.0 Å². The van der Waals surface area contributed by atoms with Crippen molar-refractivity contribution < 1.29 is 19.2 Å². The van der Waals surface area contributed by atoms with E-state index in [1.165, 1.54) is 31.5 Å². The zero-order chi connectivity index (χ0) is 32.2. The molecule has 1 aromatic heterocycles. The molecule has 6 rings (SSSR count). The lowest BCUT2D eigenvalue weighted by molar-refractivity contribution is -0.128. The number of carbonyl (C=O) groups is 4. The van der Waals surface area contributed by atoms with E-state index in [9.17, 15) is 19.2 Å². The van der Waals surface area contributed by atoms with E-state index in [0.717, 1.165) is 74.7 Å². The minimum Gasteiger partial charge on any atom is -0.373 e. The Morgan fingerprint density at radius 3 is 2.33 bits per heavy atom. The van der Waals surface area contributed by atoms with Gasteiger partial charge in [-0.25, -0.2) is 4.98 Å². The Labute approximate surface area is 271 Å². The van der Waals surface area contributed by atoms with Crippen LogP contribution in [0.15, 0.2) is 36.5 Å². The molecule has 2 aromatic rings. The van der Waals surface area contributed by atoms with E-state index in [2.05, 4.69) is 41.3 Å². The fourth-order valence-corrected chi connectivity index (χ4v) is 7.35. The van der Waals surface area contributed by atoms with E-state index in [0.29, 0.717) is 30.0 Å². The summed E-state index contributed by atoms with van der Waals surface area (Å²) in [6.07, 6.45) is 6.88. The van der Waals surface area contributed by atoms with Crippen LogP contribution in [0.3, 0.4) is 0 Å². The van der Waals surface area contributed by atoms with Gasteiger partial charge in [0.1, 0.15) is 11.9 Å². The number of pyridine rings is 1. The second-order valence-corrected chi connectivity index (χ2v) is 12.9. The van der Waals surface area contributed by atoms with Gasteiger partial charge in [-0.2, -0.15) is 0 Å². The number of amides is 4. The number of piperazine rings is 1. The number of nitrogens with one attached hydrogen (secondary N) is 2. The lowest BCUT2D eigenvalue weighted by atomic mass is 9.93. The molecule has 2 N–H and O–H groups in total. The van der Waals surface area contributed by atoms with Crippen LogP contribution < -0.4 is 20.4 Å². The second-order valence-electron chi connectivity index (χ2n) is 12.9. The third-order valence-electron chi connectivity index (χ3n) is 10.3. The molecule has 46 heavy (non-hydrogen) atoms. The van der Waals surface area contributed by atoms with Gasteiger partial charge < -0.3 is 20.0 Å². The van der Waals surface area contributed by atoms with Gasteiger partial charge in [-0.05, 0) is 68.5 Å². The largest absolute Gasteiger partial charge is 0.373 e. The van der Waals surface area contributed by atoms with Crippen LogP contribution in [-0.2, 0) is 9.59 Å². The fraction of sp³-hybridized carbons (Fsp3) is 0.559. The third kappa shape index (κ3) is 6.59. The Morgan fingerprint density at radius 2 is 1.67 bits per heavy atom. The number of benzene rings is 1. The molecular weight excluding hydrogens is 584 g/mol. The van der Waals surface area contributed by atoms with Crippen molar-refractivity contribution >= 4 is 41.3 Å². The molecule has 4 aliphatic heterocycles. The molecule has 0 radical (unpaired) electrons. The Kier molecular flexibility index (Phi) is 9.83. The molecule has 4 aliphatic rings. The fourth-order valence-electron chi connectivity index (χ4n) is 7.35. The van der Waals surface area contributed by atoms with Crippen LogP contribution in [0.5, 0.6) is 0 Å². The number of carbonyl (C=O) groups excluding carboxylic acids is 4. The molecule has 3 saturated heterocycles. The van der Waals surface area contributed by atoms with Crippen LogP contribution >= 0.6 is 0 Å². The molecule has 12 heteroatoms. The maximum Gasteiger partial charge on any atom is 0.262 e. The first-order valence-electron chi connectivity index (χ1n) is 16.8. The summed E-state index contributed by atoms with van der Waals surface area (Å²) in [7, 11) is 1.89. The highest BCUT2D eigenvalue weighted by molar-refractivity contribution is 6.23. The summed E-state index contributed by atoms with van der Waals surface area (Å²) in [6, 6.07) is 9.05. The van der Waals surface area contributed by atoms with Crippen LogP contribution in [-0.4, -0.2) is 122 Å². The Morgan fingerprint density at radius 1 is 0.957 bits per heavy atom. The number of anilines is 3. The highest BCUT2D eigenvalue weighted by Crippen LogP contribution is 2.33. The van der Waals surface area contributed by atoms with Gasteiger partial charge in [-0.1, -0.05) is 13.3 Å². The van der Waals surface area contributed by atoms with Gasteiger partial charge in [0.15, 0.2) is 0 Å². The standard InChI is InChI=1S/C34H46N8O4/c1-3-4-30(32(44)37-23-43)42-33(45)28-7-5-25(19-29(28)34(42)46)41-21-27(22-41)40-17-15-38(16-18-40)12-9-24-10-13-39(14-11-24)26-6-8-31(35-2)36-20-26/h5-8,19-20,23-24,27,30H,3-4,9-18,21-22H2,1-2H3,(H,35,36)(H,37,43,44). The van der Waals surface area contributed by atoms with E-state index in [1.807, 2.05) is 32.3 Å². The Bertz CT molecular complexity index is 1410. The van der Waals surface area contributed by atoms with Crippen LogP contribution in [0.4, 0.5) is 17.2 Å². The summed E-state index contributed by atoms with van der Waals surface area (Å²) in [6.45, 7) is 11.3. The van der Waals surface area contributed by atoms with Gasteiger partial charge in [0.25, 0.3) is 11.8 Å². The molecule has 3 fully saturated rings. The molecule has 246 valence electrons. The molecule has 1 aromatic carbocycles. The predicted octanol–water partition coefficient (Wildman–Crippen LogP) is 2.27. The Balaban J connectivity index is 0.934. The smallest absolute Gasteiger partial charge is 0.262 e. The first-order valence-corrected chi connectivity index (χ1v) is 16.8. The quantitative estimate of drug-likeness (QED) is 0.267. The van der Waals surface area contributed by atoms with E-state index in [1.54, 1.807) is 12.1 Å². The maximum absolute atomic E-state index is 13.3. The topological polar surface area (TPSA) is 121 Å². The van der Waals surface area contributed by atoms with Crippen LogP contribution in [0, 0.1) is 5.92 Å². The van der Waals surface area contributed by atoms with Gasteiger partial charge in [0, 0.05) is 71.1 Å². The monoisotopic (exact) mass is 630 g/mol. The van der Waals surface area contributed by atoms with Crippen molar-refractivity contribution in [3.63, 3.8) is 0 Å². The summed E-state index contributed by atoms with van der Waals surface area (Å²) in [5.74, 6) is 0.0925. The number of nitrogens with zero attached hydrogens (tertiary/aromatic N) is 6. The molecule has 4 amide bonds. The molecule has 5 heterocycles. The average molecular weight is 631 g/mol. The number of rotatable bonds is 12. The van der Waals surface area contributed by atoms with E-state index >= 15 is 0 Å². The summed E-state index contributed by atoms with van der Waals surface area (Å²) in [5, 5.41) is 5.19. The zero-order valence-electron chi connectivity index (χ0n) is 27.0. The molecule has 0 aliphatic carbocycles. The van der Waals surface area contributed by atoms with Crippen molar-refractivity contribution in [3.8, 4) is 0 Å². The SMILES string of the molecule is CCCC(C(=O)NC=O)N1C(=O)c2ccc(N3CC(N4CCN(CCC5CCN(c6ccc(NC)nc6)CC5)CC4)C3)cc2C1=O.